The minimum absolute atomic E-state index is 0.129. The number of aryl methyl sites for hydroxylation is 1. The molecular formula is C21H18O6S. The highest BCUT2D eigenvalue weighted by Gasteiger charge is 2.13. The van der Waals surface area contributed by atoms with Crippen LogP contribution >= 0.6 is 11.8 Å². The molecule has 0 saturated carbocycles. The summed E-state index contributed by atoms with van der Waals surface area (Å²) in [5, 5.41) is 18.9. The Bertz CT molecular complexity index is 996. The van der Waals surface area contributed by atoms with Gasteiger partial charge in [0.25, 0.3) is 0 Å². The van der Waals surface area contributed by atoms with E-state index in [1.807, 2.05) is 30.3 Å². The van der Waals surface area contributed by atoms with Crippen LogP contribution in [0.15, 0.2) is 74.8 Å². The van der Waals surface area contributed by atoms with Gasteiger partial charge in [0.1, 0.15) is 22.2 Å². The normalized spacial score (nSPS) is 10.6. The maximum atomic E-state index is 12.3. The van der Waals surface area contributed by atoms with Crippen molar-refractivity contribution < 1.29 is 24.2 Å². The summed E-state index contributed by atoms with van der Waals surface area (Å²) >= 11 is 1.25. The number of thioether (sulfide) groups is 1. The monoisotopic (exact) mass is 398 g/mol. The van der Waals surface area contributed by atoms with Crippen molar-refractivity contribution in [3.05, 3.63) is 76.6 Å². The van der Waals surface area contributed by atoms with E-state index < -0.39 is 18.2 Å². The minimum atomic E-state index is -1.07. The molecule has 28 heavy (non-hydrogen) atoms. The molecule has 7 heteroatoms. The van der Waals surface area contributed by atoms with Crippen LogP contribution < -0.4 is 10.4 Å². The zero-order chi connectivity index (χ0) is 19.9. The lowest BCUT2D eigenvalue weighted by Crippen LogP contribution is -2.09. The Morgan fingerprint density at radius 2 is 1.79 bits per heavy atom. The van der Waals surface area contributed by atoms with Crippen LogP contribution in [-0.2, 0) is 11.2 Å². The topological polar surface area (TPSA) is 97.0 Å². The molecule has 1 aromatic heterocycles. The van der Waals surface area contributed by atoms with Crippen LogP contribution in [0.1, 0.15) is 5.56 Å². The minimum Gasteiger partial charge on any atom is -0.506 e. The number of carbonyl (C=O) groups is 1. The Hall–Kier alpha value is -3.19. The summed E-state index contributed by atoms with van der Waals surface area (Å²) in [6.45, 7) is -0.440. The zero-order valence-corrected chi connectivity index (χ0v) is 15.6. The summed E-state index contributed by atoms with van der Waals surface area (Å²) in [5.74, 6) is 0.0402. The number of aliphatic carboxylic acids is 1. The molecule has 0 fully saturated rings. The number of carboxylic acid groups (broad SMARTS) is 1. The third-order valence-electron chi connectivity index (χ3n) is 3.87. The third-order valence-corrected chi connectivity index (χ3v) is 4.94. The maximum Gasteiger partial charge on any atom is 0.353 e. The average Bonchev–Trinajstić information content (AvgIpc) is 2.69. The summed E-state index contributed by atoms with van der Waals surface area (Å²) in [6, 6.07) is 17.7. The van der Waals surface area contributed by atoms with Gasteiger partial charge < -0.3 is 19.4 Å². The smallest absolute Gasteiger partial charge is 0.353 e. The first-order valence-electron chi connectivity index (χ1n) is 8.52. The van der Waals surface area contributed by atoms with Crippen LogP contribution in [-0.4, -0.2) is 28.5 Å². The van der Waals surface area contributed by atoms with Gasteiger partial charge >= 0.3 is 11.6 Å². The van der Waals surface area contributed by atoms with Gasteiger partial charge in [-0.3, -0.25) is 0 Å². The van der Waals surface area contributed by atoms with Crippen LogP contribution in [0.4, 0.5) is 0 Å². The Kier molecular flexibility index (Phi) is 6.39. The fourth-order valence-corrected chi connectivity index (χ4v) is 3.43. The summed E-state index contributed by atoms with van der Waals surface area (Å²) < 4.78 is 10.4. The molecule has 3 rings (SSSR count). The predicted octanol–water partition coefficient (Wildman–Crippen LogP) is 3.81. The molecule has 0 amide bonds. The lowest BCUT2D eigenvalue weighted by Gasteiger charge is -2.07. The van der Waals surface area contributed by atoms with Gasteiger partial charge in [0.15, 0.2) is 6.61 Å². The molecule has 1 heterocycles. The van der Waals surface area contributed by atoms with Crippen molar-refractivity contribution in [3.63, 3.8) is 0 Å². The second-order valence-electron chi connectivity index (χ2n) is 5.90. The van der Waals surface area contributed by atoms with E-state index in [2.05, 4.69) is 0 Å². The molecular weight excluding hydrogens is 380 g/mol. The van der Waals surface area contributed by atoms with E-state index >= 15 is 0 Å². The predicted molar refractivity (Wildman–Crippen MR) is 106 cm³/mol. The molecule has 0 radical (unpaired) electrons. The molecule has 6 nitrogen and oxygen atoms in total. The van der Waals surface area contributed by atoms with Gasteiger partial charge in [0.05, 0.1) is 0 Å². The fraction of sp³-hybridized carbons (Fsp3) is 0.143. The number of hydrogen-bond donors (Lipinski definition) is 2. The highest BCUT2D eigenvalue weighted by molar-refractivity contribution is 7.99. The van der Waals surface area contributed by atoms with Gasteiger partial charge in [-0.25, -0.2) is 9.59 Å². The van der Waals surface area contributed by atoms with Crippen LogP contribution in [0.5, 0.6) is 11.5 Å². The maximum absolute atomic E-state index is 12.3. The fourth-order valence-electron chi connectivity index (χ4n) is 2.52. The van der Waals surface area contributed by atoms with E-state index in [9.17, 15) is 14.7 Å². The summed E-state index contributed by atoms with van der Waals surface area (Å²) in [4.78, 5) is 23.0. The average molecular weight is 398 g/mol. The van der Waals surface area contributed by atoms with Gasteiger partial charge in [-0.15, -0.1) is 11.8 Å². The third kappa shape index (κ3) is 5.17. The van der Waals surface area contributed by atoms with E-state index in [1.54, 1.807) is 24.3 Å². The summed E-state index contributed by atoms with van der Waals surface area (Å²) in [6.07, 6.45) is 0.768. The molecule has 0 aliphatic carbocycles. The lowest BCUT2D eigenvalue weighted by molar-refractivity contribution is -0.139. The highest BCUT2D eigenvalue weighted by Crippen LogP contribution is 2.30. The quantitative estimate of drug-likeness (QED) is 0.557. The van der Waals surface area contributed by atoms with Crippen molar-refractivity contribution in [2.45, 2.75) is 11.3 Å². The Balaban J connectivity index is 1.69. The van der Waals surface area contributed by atoms with Crippen LogP contribution in [0.2, 0.25) is 0 Å². The molecule has 0 aliphatic rings. The number of hydrogen-bond acceptors (Lipinski definition) is 6. The van der Waals surface area contributed by atoms with E-state index in [-0.39, 0.29) is 16.4 Å². The summed E-state index contributed by atoms with van der Waals surface area (Å²) in [7, 11) is 0. The number of benzene rings is 2. The highest BCUT2D eigenvalue weighted by atomic mass is 32.2. The van der Waals surface area contributed by atoms with E-state index in [1.165, 1.54) is 17.8 Å². The van der Waals surface area contributed by atoms with E-state index in [4.69, 9.17) is 14.3 Å². The number of aromatic hydroxyl groups is 1. The number of rotatable bonds is 8. The Labute approximate surface area is 165 Å². The van der Waals surface area contributed by atoms with Crippen LogP contribution in [0.3, 0.4) is 0 Å². The van der Waals surface area contributed by atoms with Crippen molar-refractivity contribution in [1.29, 1.82) is 0 Å². The largest absolute Gasteiger partial charge is 0.506 e. The summed E-state index contributed by atoms with van der Waals surface area (Å²) in [5.41, 5.74) is 1.12. The molecule has 0 unspecified atom stereocenters. The van der Waals surface area contributed by atoms with Crippen molar-refractivity contribution in [3.8, 4) is 22.8 Å². The van der Waals surface area contributed by atoms with Crippen molar-refractivity contribution in [2.75, 3.05) is 12.4 Å². The van der Waals surface area contributed by atoms with Gasteiger partial charge in [-0.1, -0.05) is 30.3 Å². The first-order valence-corrected chi connectivity index (χ1v) is 9.50. The zero-order valence-electron chi connectivity index (χ0n) is 14.8. The van der Waals surface area contributed by atoms with Crippen LogP contribution in [0, 0.1) is 0 Å². The standard InChI is InChI=1S/C21H18O6S/c22-17-12-18(15-6-8-16(9-7-15)26-13-19(23)24)27-21(25)20(17)28-11-10-14-4-2-1-3-5-14/h1-9,12,22H,10-11,13H2,(H,23,24). The molecule has 2 aromatic carbocycles. The molecule has 0 spiro atoms. The molecule has 2 N–H and O–H groups in total. The van der Waals surface area contributed by atoms with E-state index in [0.29, 0.717) is 17.1 Å². The first kappa shape index (κ1) is 19.6. The lowest BCUT2D eigenvalue weighted by atomic mass is 10.1. The molecule has 0 saturated heterocycles. The van der Waals surface area contributed by atoms with E-state index in [0.717, 1.165) is 12.0 Å². The van der Waals surface area contributed by atoms with Crippen molar-refractivity contribution in [1.82, 2.24) is 0 Å². The first-order chi connectivity index (χ1) is 13.5. The Morgan fingerprint density at radius 1 is 1.07 bits per heavy atom. The second kappa shape index (κ2) is 9.14. The van der Waals surface area contributed by atoms with Gasteiger partial charge in [-0.05, 0) is 36.2 Å². The number of ether oxygens (including phenoxy) is 1. The van der Waals surface area contributed by atoms with Crippen LogP contribution in [0.25, 0.3) is 11.3 Å². The Morgan fingerprint density at radius 3 is 2.43 bits per heavy atom. The van der Waals surface area contributed by atoms with Gasteiger partial charge in [0, 0.05) is 17.4 Å². The molecule has 0 atom stereocenters. The van der Waals surface area contributed by atoms with Crippen molar-refractivity contribution >= 4 is 17.7 Å². The van der Waals surface area contributed by atoms with Gasteiger partial charge in [0.2, 0.25) is 0 Å². The second-order valence-corrected chi connectivity index (χ2v) is 7.01. The molecule has 0 aliphatic heterocycles. The molecule has 144 valence electrons. The number of carboxylic acids is 1. The molecule has 0 bridgehead atoms. The molecule has 3 aromatic rings. The SMILES string of the molecule is O=C(O)COc1ccc(-c2cc(O)c(SCCc3ccccc3)c(=O)o2)cc1. The van der Waals surface area contributed by atoms with Crippen molar-refractivity contribution in [2.24, 2.45) is 0 Å². The van der Waals surface area contributed by atoms with Gasteiger partial charge in [-0.2, -0.15) is 0 Å².